The number of rotatable bonds is 4. The second kappa shape index (κ2) is 6.03. The summed E-state index contributed by atoms with van der Waals surface area (Å²) in [6, 6.07) is 0.0151. The normalized spacial score (nSPS) is 25.6. The molecule has 1 unspecified atom stereocenters. The molecular formula is C13H22N2O2. The molecule has 0 bridgehead atoms. The SMILES string of the molecule is O=C1CC(NC(=O)CCC2CCCCC2)CN1. The first-order chi connectivity index (χ1) is 8.24. The first-order valence-electron chi connectivity index (χ1n) is 6.80. The van der Waals surface area contributed by atoms with Gasteiger partial charge in [-0.1, -0.05) is 32.1 Å². The van der Waals surface area contributed by atoms with Crippen molar-refractivity contribution in [1.29, 1.82) is 0 Å². The molecule has 1 heterocycles. The van der Waals surface area contributed by atoms with Gasteiger partial charge in [-0.2, -0.15) is 0 Å². The molecule has 4 heteroatoms. The van der Waals surface area contributed by atoms with Crippen LogP contribution in [0.4, 0.5) is 0 Å². The standard InChI is InChI=1S/C13H22N2O2/c16-12(15-11-8-13(17)14-9-11)7-6-10-4-2-1-3-5-10/h10-11H,1-9H2,(H,14,17)(H,15,16). The minimum absolute atomic E-state index is 0.0151. The monoisotopic (exact) mass is 238 g/mol. The van der Waals surface area contributed by atoms with Crippen molar-refractivity contribution in [3.8, 4) is 0 Å². The zero-order valence-electron chi connectivity index (χ0n) is 10.3. The van der Waals surface area contributed by atoms with E-state index in [-0.39, 0.29) is 17.9 Å². The number of carbonyl (C=O) groups is 2. The van der Waals surface area contributed by atoms with E-state index in [2.05, 4.69) is 10.6 Å². The van der Waals surface area contributed by atoms with Gasteiger partial charge in [0.25, 0.3) is 0 Å². The van der Waals surface area contributed by atoms with Gasteiger partial charge in [-0.15, -0.1) is 0 Å². The molecule has 1 saturated heterocycles. The Hall–Kier alpha value is -1.06. The van der Waals surface area contributed by atoms with E-state index in [1.54, 1.807) is 0 Å². The highest BCUT2D eigenvalue weighted by molar-refractivity contribution is 5.81. The third kappa shape index (κ3) is 4.02. The molecule has 1 aliphatic carbocycles. The molecule has 96 valence electrons. The quantitative estimate of drug-likeness (QED) is 0.776. The van der Waals surface area contributed by atoms with E-state index >= 15 is 0 Å². The third-order valence-electron chi connectivity index (χ3n) is 3.85. The number of carbonyl (C=O) groups excluding carboxylic acids is 2. The van der Waals surface area contributed by atoms with Gasteiger partial charge in [0.1, 0.15) is 0 Å². The molecule has 1 aliphatic heterocycles. The Balaban J connectivity index is 1.61. The van der Waals surface area contributed by atoms with Crippen LogP contribution in [0.2, 0.25) is 0 Å². The topological polar surface area (TPSA) is 58.2 Å². The Bertz CT molecular complexity index is 285. The van der Waals surface area contributed by atoms with Crippen molar-refractivity contribution in [2.24, 2.45) is 5.92 Å². The highest BCUT2D eigenvalue weighted by atomic mass is 16.2. The highest BCUT2D eigenvalue weighted by Gasteiger charge is 2.23. The summed E-state index contributed by atoms with van der Waals surface area (Å²) in [6.07, 6.45) is 8.66. The Morgan fingerprint density at radius 2 is 2.06 bits per heavy atom. The predicted molar refractivity (Wildman–Crippen MR) is 65.4 cm³/mol. The second-order valence-corrected chi connectivity index (χ2v) is 5.32. The minimum atomic E-state index is 0.0151. The van der Waals surface area contributed by atoms with Crippen LogP contribution in [0.15, 0.2) is 0 Å². The zero-order chi connectivity index (χ0) is 12.1. The molecule has 17 heavy (non-hydrogen) atoms. The van der Waals surface area contributed by atoms with Crippen molar-refractivity contribution >= 4 is 11.8 Å². The lowest BCUT2D eigenvalue weighted by atomic mass is 9.86. The molecular weight excluding hydrogens is 216 g/mol. The molecule has 1 atom stereocenters. The van der Waals surface area contributed by atoms with E-state index in [1.165, 1.54) is 32.1 Å². The fraction of sp³-hybridized carbons (Fsp3) is 0.846. The molecule has 2 rings (SSSR count). The smallest absolute Gasteiger partial charge is 0.222 e. The fourth-order valence-corrected chi connectivity index (χ4v) is 2.82. The summed E-state index contributed by atoms with van der Waals surface area (Å²) in [7, 11) is 0. The van der Waals surface area contributed by atoms with Crippen LogP contribution in [0.5, 0.6) is 0 Å². The first kappa shape index (κ1) is 12.4. The maximum absolute atomic E-state index is 11.7. The van der Waals surface area contributed by atoms with Gasteiger partial charge < -0.3 is 10.6 Å². The van der Waals surface area contributed by atoms with Gasteiger partial charge in [0.15, 0.2) is 0 Å². The molecule has 1 saturated carbocycles. The van der Waals surface area contributed by atoms with Gasteiger partial charge in [0, 0.05) is 19.4 Å². The summed E-state index contributed by atoms with van der Waals surface area (Å²) in [5.41, 5.74) is 0. The Morgan fingerprint density at radius 1 is 1.29 bits per heavy atom. The van der Waals surface area contributed by atoms with E-state index < -0.39 is 0 Å². The summed E-state index contributed by atoms with van der Waals surface area (Å²) >= 11 is 0. The molecule has 2 N–H and O–H groups in total. The van der Waals surface area contributed by atoms with Crippen molar-refractivity contribution < 1.29 is 9.59 Å². The molecule has 2 aliphatic rings. The number of amides is 2. The molecule has 0 aromatic heterocycles. The third-order valence-corrected chi connectivity index (χ3v) is 3.85. The van der Waals surface area contributed by atoms with Crippen LogP contribution in [0.1, 0.15) is 51.4 Å². The lowest BCUT2D eigenvalue weighted by Gasteiger charge is -2.21. The minimum Gasteiger partial charge on any atom is -0.354 e. The van der Waals surface area contributed by atoms with E-state index in [9.17, 15) is 9.59 Å². The summed E-state index contributed by atoms with van der Waals surface area (Å²) in [5.74, 6) is 0.900. The van der Waals surface area contributed by atoms with Crippen molar-refractivity contribution in [2.45, 2.75) is 57.4 Å². The maximum Gasteiger partial charge on any atom is 0.222 e. The van der Waals surface area contributed by atoms with Crippen LogP contribution < -0.4 is 10.6 Å². The Kier molecular flexibility index (Phi) is 4.40. The summed E-state index contributed by atoms with van der Waals surface area (Å²) < 4.78 is 0. The van der Waals surface area contributed by atoms with Gasteiger partial charge in [-0.25, -0.2) is 0 Å². The first-order valence-corrected chi connectivity index (χ1v) is 6.80. The van der Waals surface area contributed by atoms with E-state index in [0.717, 1.165) is 12.3 Å². The largest absolute Gasteiger partial charge is 0.354 e. The zero-order valence-corrected chi connectivity index (χ0v) is 10.3. The van der Waals surface area contributed by atoms with E-state index in [4.69, 9.17) is 0 Å². The molecule has 0 spiro atoms. The molecule has 2 fully saturated rings. The van der Waals surface area contributed by atoms with Crippen LogP contribution in [0, 0.1) is 5.92 Å². The molecule has 2 amide bonds. The molecule has 4 nitrogen and oxygen atoms in total. The fourth-order valence-electron chi connectivity index (χ4n) is 2.82. The van der Waals surface area contributed by atoms with Gasteiger partial charge in [0.2, 0.25) is 11.8 Å². The van der Waals surface area contributed by atoms with Crippen LogP contribution in [0.25, 0.3) is 0 Å². The van der Waals surface area contributed by atoms with Gasteiger partial charge in [0.05, 0.1) is 6.04 Å². The van der Waals surface area contributed by atoms with Crippen LogP contribution in [-0.2, 0) is 9.59 Å². The van der Waals surface area contributed by atoms with Crippen molar-refractivity contribution in [3.05, 3.63) is 0 Å². The number of hydrogen-bond donors (Lipinski definition) is 2. The lowest BCUT2D eigenvalue weighted by molar-refractivity contribution is -0.122. The lowest BCUT2D eigenvalue weighted by Crippen LogP contribution is -2.36. The van der Waals surface area contributed by atoms with Crippen molar-refractivity contribution in [3.63, 3.8) is 0 Å². The van der Waals surface area contributed by atoms with Gasteiger partial charge in [-0.05, 0) is 12.3 Å². The molecule has 0 aromatic carbocycles. The average Bonchev–Trinajstić information content (AvgIpc) is 2.73. The summed E-state index contributed by atoms with van der Waals surface area (Å²) in [6.45, 7) is 0.591. The van der Waals surface area contributed by atoms with E-state index in [0.29, 0.717) is 19.4 Å². The summed E-state index contributed by atoms with van der Waals surface area (Å²) in [5, 5.41) is 5.65. The molecule has 0 radical (unpaired) electrons. The van der Waals surface area contributed by atoms with Crippen LogP contribution in [0.3, 0.4) is 0 Å². The predicted octanol–water partition coefficient (Wildman–Crippen LogP) is 1.35. The van der Waals surface area contributed by atoms with Crippen molar-refractivity contribution in [1.82, 2.24) is 10.6 Å². The maximum atomic E-state index is 11.7. The molecule has 0 aromatic rings. The average molecular weight is 238 g/mol. The van der Waals surface area contributed by atoms with Gasteiger partial charge >= 0.3 is 0 Å². The second-order valence-electron chi connectivity index (χ2n) is 5.32. The number of hydrogen-bond acceptors (Lipinski definition) is 2. The summed E-state index contributed by atoms with van der Waals surface area (Å²) in [4.78, 5) is 22.7. The Labute approximate surface area is 103 Å². The Morgan fingerprint density at radius 3 is 2.71 bits per heavy atom. The van der Waals surface area contributed by atoms with E-state index in [1.807, 2.05) is 0 Å². The van der Waals surface area contributed by atoms with Crippen LogP contribution >= 0.6 is 0 Å². The van der Waals surface area contributed by atoms with Crippen molar-refractivity contribution in [2.75, 3.05) is 6.54 Å². The number of nitrogens with one attached hydrogen (secondary N) is 2. The highest BCUT2D eigenvalue weighted by Crippen LogP contribution is 2.27. The van der Waals surface area contributed by atoms with Gasteiger partial charge in [-0.3, -0.25) is 9.59 Å². The van der Waals surface area contributed by atoms with Crippen LogP contribution in [-0.4, -0.2) is 24.4 Å².